The lowest BCUT2D eigenvalue weighted by atomic mass is 10.1. The first-order chi connectivity index (χ1) is 10.2. The largest absolute Gasteiger partial charge is 0.365 e. The van der Waals surface area contributed by atoms with Gasteiger partial charge in [0.05, 0.1) is 24.5 Å². The van der Waals surface area contributed by atoms with Gasteiger partial charge >= 0.3 is 0 Å². The summed E-state index contributed by atoms with van der Waals surface area (Å²) in [5, 5.41) is 0. The van der Waals surface area contributed by atoms with E-state index in [-0.39, 0.29) is 11.8 Å². The third-order valence-corrected chi connectivity index (χ3v) is 4.01. The van der Waals surface area contributed by atoms with Crippen molar-refractivity contribution in [3.05, 3.63) is 24.0 Å². The van der Waals surface area contributed by atoms with E-state index in [2.05, 4.69) is 4.98 Å². The first kappa shape index (κ1) is 14.0. The molecule has 21 heavy (non-hydrogen) atoms. The monoisotopic (exact) mass is 289 g/mol. The van der Waals surface area contributed by atoms with Crippen molar-refractivity contribution in [2.45, 2.75) is 25.9 Å². The Morgan fingerprint density at radius 3 is 3.05 bits per heavy atom. The summed E-state index contributed by atoms with van der Waals surface area (Å²) in [5.74, 6) is -0.0910. The number of anilines is 1. The number of aromatic nitrogens is 1. The van der Waals surface area contributed by atoms with Crippen molar-refractivity contribution in [1.82, 2.24) is 9.88 Å². The summed E-state index contributed by atoms with van der Waals surface area (Å²) in [5.41, 5.74) is 1.83. The second-order valence-electron chi connectivity index (χ2n) is 5.39. The van der Waals surface area contributed by atoms with Crippen molar-refractivity contribution in [2.24, 2.45) is 0 Å². The fraction of sp³-hybridized carbons (Fsp3) is 0.533. The molecule has 0 radical (unpaired) electrons. The minimum Gasteiger partial charge on any atom is -0.365 e. The molecule has 0 spiro atoms. The fourth-order valence-electron chi connectivity index (χ4n) is 2.88. The quantitative estimate of drug-likeness (QED) is 0.760. The number of hydrogen-bond acceptors (Lipinski definition) is 4. The Hall–Kier alpha value is -1.95. The molecule has 1 unspecified atom stereocenters. The molecule has 112 valence electrons. The highest BCUT2D eigenvalue weighted by molar-refractivity contribution is 5.97. The van der Waals surface area contributed by atoms with E-state index in [1.54, 1.807) is 16.0 Å². The van der Waals surface area contributed by atoms with Gasteiger partial charge in [-0.3, -0.25) is 14.6 Å². The molecule has 3 heterocycles. The van der Waals surface area contributed by atoms with E-state index in [4.69, 9.17) is 4.74 Å². The maximum absolute atomic E-state index is 12.7. The average molecular weight is 289 g/mol. The maximum atomic E-state index is 12.7. The molecule has 6 heteroatoms. The number of carbonyl (C=O) groups excluding carboxylic acids is 2. The molecule has 1 aromatic heterocycles. The van der Waals surface area contributed by atoms with Gasteiger partial charge in [0.2, 0.25) is 5.91 Å². The number of hydrogen-bond donors (Lipinski definition) is 0. The van der Waals surface area contributed by atoms with Crippen molar-refractivity contribution >= 4 is 17.5 Å². The zero-order chi connectivity index (χ0) is 14.8. The summed E-state index contributed by atoms with van der Waals surface area (Å²) >= 11 is 0. The number of fused-ring (bicyclic) bond motifs is 1. The smallest absolute Gasteiger partial charge is 0.258 e. The minimum absolute atomic E-state index is 0.0168. The molecule has 2 aliphatic rings. The van der Waals surface area contributed by atoms with Crippen LogP contribution in [0, 0.1) is 0 Å². The highest BCUT2D eigenvalue weighted by Gasteiger charge is 2.33. The van der Waals surface area contributed by atoms with Crippen LogP contribution in [0.1, 0.15) is 19.0 Å². The van der Waals surface area contributed by atoms with Gasteiger partial charge in [-0.25, -0.2) is 0 Å². The number of morpholine rings is 1. The molecule has 0 aromatic carbocycles. The molecule has 0 aliphatic carbocycles. The molecule has 1 fully saturated rings. The van der Waals surface area contributed by atoms with Crippen LogP contribution in [0.2, 0.25) is 0 Å². The van der Waals surface area contributed by atoms with E-state index < -0.39 is 6.10 Å². The van der Waals surface area contributed by atoms with Crippen LogP contribution >= 0.6 is 0 Å². The first-order valence-corrected chi connectivity index (χ1v) is 7.29. The first-order valence-electron chi connectivity index (χ1n) is 7.29. The van der Waals surface area contributed by atoms with Gasteiger partial charge in [0, 0.05) is 26.2 Å². The van der Waals surface area contributed by atoms with E-state index >= 15 is 0 Å². The summed E-state index contributed by atoms with van der Waals surface area (Å²) in [6.45, 7) is 3.49. The van der Waals surface area contributed by atoms with Gasteiger partial charge in [-0.15, -0.1) is 0 Å². The number of nitrogens with zero attached hydrogens (tertiary/aromatic N) is 3. The molecule has 3 rings (SSSR count). The van der Waals surface area contributed by atoms with Gasteiger partial charge in [-0.1, -0.05) is 0 Å². The van der Waals surface area contributed by atoms with Crippen molar-refractivity contribution < 1.29 is 14.3 Å². The molecule has 0 bridgehead atoms. The van der Waals surface area contributed by atoms with Crippen molar-refractivity contribution in [3.63, 3.8) is 0 Å². The maximum Gasteiger partial charge on any atom is 0.258 e. The Morgan fingerprint density at radius 1 is 1.38 bits per heavy atom. The van der Waals surface area contributed by atoms with Crippen LogP contribution in [0.15, 0.2) is 18.3 Å². The zero-order valence-electron chi connectivity index (χ0n) is 12.1. The molecule has 0 N–H and O–H groups in total. The number of ether oxygens (including phenoxy) is 1. The second kappa shape index (κ2) is 5.81. The molecular formula is C15H19N3O3. The Morgan fingerprint density at radius 2 is 2.24 bits per heavy atom. The number of rotatable bonds is 1. The van der Waals surface area contributed by atoms with Gasteiger partial charge in [-0.2, -0.15) is 0 Å². The number of aryl methyl sites for hydroxylation is 1. The molecule has 0 saturated carbocycles. The van der Waals surface area contributed by atoms with Crippen LogP contribution in [0.3, 0.4) is 0 Å². The Bertz CT molecular complexity index is 561. The lowest BCUT2D eigenvalue weighted by Crippen LogP contribution is -2.53. The molecule has 1 atom stereocenters. The predicted molar refractivity (Wildman–Crippen MR) is 76.9 cm³/mol. The topological polar surface area (TPSA) is 62.7 Å². The van der Waals surface area contributed by atoms with E-state index in [0.717, 1.165) is 24.2 Å². The highest BCUT2D eigenvalue weighted by Crippen LogP contribution is 2.26. The number of carbonyl (C=O) groups is 2. The van der Waals surface area contributed by atoms with Crippen LogP contribution in [-0.4, -0.2) is 54.0 Å². The van der Waals surface area contributed by atoms with Crippen molar-refractivity contribution in [1.29, 1.82) is 0 Å². The third kappa shape index (κ3) is 2.76. The molecular weight excluding hydrogens is 270 g/mol. The van der Waals surface area contributed by atoms with Gasteiger partial charge in [0.15, 0.2) is 6.10 Å². The standard InChI is InChI=1S/C15H19N3O3/c1-11(19)17-8-9-21-14(10-17)15(20)18-7-3-4-12-13(18)5-2-6-16-12/h2,5-6,14H,3-4,7-10H2,1H3. The van der Waals surface area contributed by atoms with Gasteiger partial charge < -0.3 is 14.5 Å². The Kier molecular flexibility index (Phi) is 3.88. The summed E-state index contributed by atoms with van der Waals surface area (Å²) in [6.07, 6.45) is 2.97. The molecule has 1 aromatic rings. The van der Waals surface area contributed by atoms with Crippen LogP contribution < -0.4 is 4.90 Å². The molecule has 2 aliphatic heterocycles. The Labute approximate surface area is 123 Å². The predicted octanol–water partition coefficient (Wildman–Crippen LogP) is 0.608. The molecule has 1 saturated heterocycles. The van der Waals surface area contributed by atoms with Crippen LogP contribution in [0.5, 0.6) is 0 Å². The number of pyridine rings is 1. The minimum atomic E-state index is -0.575. The molecule has 2 amide bonds. The van der Waals surface area contributed by atoms with E-state index in [9.17, 15) is 9.59 Å². The average Bonchev–Trinajstić information content (AvgIpc) is 2.53. The number of amides is 2. The van der Waals surface area contributed by atoms with E-state index in [1.807, 2.05) is 12.1 Å². The zero-order valence-corrected chi connectivity index (χ0v) is 12.1. The van der Waals surface area contributed by atoms with Gasteiger partial charge in [-0.05, 0) is 25.0 Å². The van der Waals surface area contributed by atoms with Crippen LogP contribution in [-0.2, 0) is 20.7 Å². The van der Waals surface area contributed by atoms with Crippen molar-refractivity contribution in [2.75, 3.05) is 31.1 Å². The summed E-state index contributed by atoms with van der Waals surface area (Å²) in [6, 6.07) is 3.76. The summed E-state index contributed by atoms with van der Waals surface area (Å²) in [4.78, 5) is 32.0. The summed E-state index contributed by atoms with van der Waals surface area (Å²) in [7, 11) is 0. The van der Waals surface area contributed by atoms with Gasteiger partial charge in [0.1, 0.15) is 0 Å². The fourth-order valence-corrected chi connectivity index (χ4v) is 2.88. The van der Waals surface area contributed by atoms with Crippen LogP contribution in [0.25, 0.3) is 0 Å². The lowest BCUT2D eigenvalue weighted by Gasteiger charge is -2.36. The molecule has 6 nitrogen and oxygen atoms in total. The van der Waals surface area contributed by atoms with Crippen molar-refractivity contribution in [3.8, 4) is 0 Å². The second-order valence-corrected chi connectivity index (χ2v) is 5.39. The summed E-state index contributed by atoms with van der Waals surface area (Å²) < 4.78 is 5.58. The third-order valence-electron chi connectivity index (χ3n) is 4.01. The van der Waals surface area contributed by atoms with E-state index in [1.165, 1.54) is 6.92 Å². The SMILES string of the molecule is CC(=O)N1CCOC(C(=O)N2CCCc3ncccc32)C1. The van der Waals surface area contributed by atoms with Crippen LogP contribution in [0.4, 0.5) is 5.69 Å². The lowest BCUT2D eigenvalue weighted by molar-refractivity contribution is -0.144. The van der Waals surface area contributed by atoms with Gasteiger partial charge in [0.25, 0.3) is 5.91 Å². The van der Waals surface area contributed by atoms with E-state index in [0.29, 0.717) is 26.2 Å². The normalized spacial score (nSPS) is 21.9. The highest BCUT2D eigenvalue weighted by atomic mass is 16.5. The Balaban J connectivity index is 1.78.